The molecule has 0 amide bonds. The second kappa shape index (κ2) is 7.58. The van der Waals surface area contributed by atoms with Crippen LogP contribution in [0.4, 0.5) is 11.5 Å². The van der Waals surface area contributed by atoms with E-state index in [0.29, 0.717) is 5.75 Å². The van der Waals surface area contributed by atoms with Gasteiger partial charge in [-0.3, -0.25) is 0 Å². The van der Waals surface area contributed by atoms with Gasteiger partial charge in [-0.05, 0) is 44.1 Å². The fourth-order valence-corrected chi connectivity index (χ4v) is 3.17. The predicted octanol–water partition coefficient (Wildman–Crippen LogP) is 3.51. The highest BCUT2D eigenvalue weighted by molar-refractivity contribution is 5.93. The van der Waals surface area contributed by atoms with Crippen LogP contribution in [0.2, 0.25) is 0 Å². The van der Waals surface area contributed by atoms with Crippen molar-refractivity contribution in [3.63, 3.8) is 0 Å². The lowest BCUT2D eigenvalue weighted by molar-refractivity contribution is 0.157. The number of methoxy groups -OCH3 is 1. The van der Waals surface area contributed by atoms with Crippen molar-refractivity contribution in [1.82, 2.24) is 15.3 Å². The van der Waals surface area contributed by atoms with Crippen LogP contribution in [0.5, 0.6) is 11.5 Å². The van der Waals surface area contributed by atoms with Crippen molar-refractivity contribution in [1.29, 1.82) is 0 Å². The molecule has 1 fully saturated rings. The molecule has 2 heterocycles. The Labute approximate surface area is 152 Å². The van der Waals surface area contributed by atoms with Crippen LogP contribution in [0.25, 0.3) is 10.9 Å². The van der Waals surface area contributed by atoms with Gasteiger partial charge >= 0.3 is 0 Å². The summed E-state index contributed by atoms with van der Waals surface area (Å²) >= 11 is 0. The van der Waals surface area contributed by atoms with E-state index in [0.717, 1.165) is 54.1 Å². The minimum atomic E-state index is 0.192. The number of rotatable bonds is 5. The topological polar surface area (TPSA) is 68.3 Å². The largest absolute Gasteiger partial charge is 0.493 e. The maximum absolute atomic E-state index is 6.24. The van der Waals surface area contributed by atoms with E-state index < -0.39 is 0 Å². The number of ether oxygens (including phenoxy) is 2. The number of nitrogens with one attached hydrogen (secondary N) is 2. The van der Waals surface area contributed by atoms with Crippen molar-refractivity contribution in [2.24, 2.45) is 0 Å². The summed E-state index contributed by atoms with van der Waals surface area (Å²) in [5.74, 6) is 2.18. The van der Waals surface area contributed by atoms with E-state index in [1.807, 2.05) is 42.5 Å². The molecular formula is C20H22N4O2. The number of anilines is 2. The Morgan fingerprint density at radius 1 is 1.04 bits per heavy atom. The summed E-state index contributed by atoms with van der Waals surface area (Å²) in [6, 6.07) is 13.8. The standard InChI is InChI=1S/C20H22N4O2/c1-25-18-12-17-16(11-19(18)26-15-7-9-21-10-8-15)20(23-13-22-17)24-14-5-3-2-4-6-14/h2-6,11-13,15,21H,7-10H2,1H3,(H,22,23,24). The van der Waals surface area contributed by atoms with Crippen molar-refractivity contribution >= 4 is 22.4 Å². The smallest absolute Gasteiger partial charge is 0.162 e. The van der Waals surface area contributed by atoms with Gasteiger partial charge in [0.05, 0.1) is 12.6 Å². The van der Waals surface area contributed by atoms with Crippen LogP contribution in [0.3, 0.4) is 0 Å². The molecule has 0 bridgehead atoms. The Morgan fingerprint density at radius 2 is 1.85 bits per heavy atom. The van der Waals surface area contributed by atoms with Crippen LogP contribution in [0, 0.1) is 0 Å². The van der Waals surface area contributed by atoms with E-state index in [-0.39, 0.29) is 6.10 Å². The van der Waals surface area contributed by atoms with Crippen LogP contribution >= 0.6 is 0 Å². The van der Waals surface area contributed by atoms with Crippen LogP contribution in [-0.2, 0) is 0 Å². The van der Waals surface area contributed by atoms with Crippen molar-refractivity contribution < 1.29 is 9.47 Å². The highest BCUT2D eigenvalue weighted by Crippen LogP contribution is 2.35. The lowest BCUT2D eigenvalue weighted by atomic mass is 10.1. The third-order valence-electron chi connectivity index (χ3n) is 4.54. The average Bonchev–Trinajstić information content (AvgIpc) is 2.69. The molecular weight excluding hydrogens is 328 g/mol. The van der Waals surface area contributed by atoms with Gasteiger partial charge in [-0.2, -0.15) is 0 Å². The van der Waals surface area contributed by atoms with Gasteiger partial charge in [0.1, 0.15) is 18.2 Å². The summed E-state index contributed by atoms with van der Waals surface area (Å²) in [6.45, 7) is 1.95. The number of hydrogen-bond acceptors (Lipinski definition) is 6. The molecule has 4 rings (SSSR count). The lowest BCUT2D eigenvalue weighted by Gasteiger charge is -2.25. The second-order valence-corrected chi connectivity index (χ2v) is 6.30. The fourth-order valence-electron chi connectivity index (χ4n) is 3.17. The molecule has 0 spiro atoms. The van der Waals surface area contributed by atoms with E-state index in [4.69, 9.17) is 9.47 Å². The molecule has 26 heavy (non-hydrogen) atoms. The summed E-state index contributed by atoms with van der Waals surface area (Å²) in [6.07, 6.45) is 3.72. The zero-order valence-electron chi connectivity index (χ0n) is 14.7. The van der Waals surface area contributed by atoms with Crippen LogP contribution in [0.1, 0.15) is 12.8 Å². The third-order valence-corrected chi connectivity index (χ3v) is 4.54. The Balaban J connectivity index is 1.70. The molecule has 1 saturated heterocycles. The van der Waals surface area contributed by atoms with Crippen molar-refractivity contribution in [3.05, 3.63) is 48.8 Å². The highest BCUT2D eigenvalue weighted by atomic mass is 16.5. The quantitative estimate of drug-likeness (QED) is 0.734. The van der Waals surface area contributed by atoms with Crippen molar-refractivity contribution in [2.45, 2.75) is 18.9 Å². The summed E-state index contributed by atoms with van der Waals surface area (Å²) in [5.41, 5.74) is 1.79. The van der Waals surface area contributed by atoms with Gasteiger partial charge in [-0.1, -0.05) is 18.2 Å². The number of benzene rings is 2. The van der Waals surface area contributed by atoms with Crippen LogP contribution < -0.4 is 20.1 Å². The molecule has 6 heteroatoms. The summed E-state index contributed by atoms with van der Waals surface area (Å²) in [7, 11) is 1.65. The molecule has 0 aliphatic carbocycles. The van der Waals surface area contributed by atoms with E-state index in [2.05, 4.69) is 20.6 Å². The number of para-hydroxylation sites is 1. The fraction of sp³-hybridized carbons (Fsp3) is 0.300. The van der Waals surface area contributed by atoms with E-state index >= 15 is 0 Å². The van der Waals surface area contributed by atoms with Crippen molar-refractivity contribution in [2.75, 3.05) is 25.5 Å². The number of piperidine rings is 1. The molecule has 2 N–H and O–H groups in total. The first-order valence-corrected chi connectivity index (χ1v) is 8.85. The average molecular weight is 350 g/mol. The normalized spacial score (nSPS) is 15.0. The molecule has 1 aliphatic rings. The summed E-state index contributed by atoms with van der Waals surface area (Å²) in [4.78, 5) is 8.80. The predicted molar refractivity (Wildman–Crippen MR) is 102 cm³/mol. The van der Waals surface area contributed by atoms with E-state index in [1.165, 1.54) is 0 Å². The maximum atomic E-state index is 6.24. The van der Waals surface area contributed by atoms with Gasteiger partial charge < -0.3 is 20.1 Å². The minimum absolute atomic E-state index is 0.192. The summed E-state index contributed by atoms with van der Waals surface area (Å²) in [5, 5.41) is 7.62. The Hall–Kier alpha value is -2.86. The molecule has 134 valence electrons. The van der Waals surface area contributed by atoms with E-state index in [1.54, 1.807) is 13.4 Å². The number of aromatic nitrogens is 2. The van der Waals surface area contributed by atoms with Gasteiger partial charge in [-0.15, -0.1) is 0 Å². The molecule has 0 saturated carbocycles. The number of fused-ring (bicyclic) bond motifs is 1. The molecule has 0 unspecified atom stereocenters. The van der Waals surface area contributed by atoms with Gasteiger partial charge in [0.25, 0.3) is 0 Å². The molecule has 2 aromatic carbocycles. The maximum Gasteiger partial charge on any atom is 0.162 e. The molecule has 1 aromatic heterocycles. The van der Waals surface area contributed by atoms with Gasteiger partial charge in [0, 0.05) is 17.1 Å². The molecule has 6 nitrogen and oxygen atoms in total. The van der Waals surface area contributed by atoms with Gasteiger partial charge in [0.15, 0.2) is 11.5 Å². The highest BCUT2D eigenvalue weighted by Gasteiger charge is 2.18. The minimum Gasteiger partial charge on any atom is -0.493 e. The molecule has 0 atom stereocenters. The van der Waals surface area contributed by atoms with Gasteiger partial charge in [0.2, 0.25) is 0 Å². The Morgan fingerprint density at radius 3 is 2.62 bits per heavy atom. The zero-order valence-corrected chi connectivity index (χ0v) is 14.7. The molecule has 1 aliphatic heterocycles. The Kier molecular flexibility index (Phi) is 4.84. The molecule has 3 aromatic rings. The van der Waals surface area contributed by atoms with Gasteiger partial charge in [-0.25, -0.2) is 9.97 Å². The lowest BCUT2D eigenvalue weighted by Crippen LogP contribution is -2.34. The third kappa shape index (κ3) is 3.55. The molecule has 0 radical (unpaired) electrons. The zero-order chi connectivity index (χ0) is 17.8. The van der Waals surface area contributed by atoms with Crippen LogP contribution in [0.15, 0.2) is 48.8 Å². The second-order valence-electron chi connectivity index (χ2n) is 6.30. The van der Waals surface area contributed by atoms with E-state index in [9.17, 15) is 0 Å². The Bertz CT molecular complexity index is 880. The summed E-state index contributed by atoms with van der Waals surface area (Å²) < 4.78 is 11.8. The number of nitrogens with zero attached hydrogens (tertiary/aromatic N) is 2. The first kappa shape index (κ1) is 16.6. The van der Waals surface area contributed by atoms with Crippen LogP contribution in [-0.4, -0.2) is 36.3 Å². The monoisotopic (exact) mass is 350 g/mol. The number of hydrogen-bond donors (Lipinski definition) is 2. The first-order valence-electron chi connectivity index (χ1n) is 8.85. The first-order chi connectivity index (χ1) is 12.8. The SMILES string of the molecule is COc1cc2ncnc(Nc3ccccc3)c2cc1OC1CCNCC1. The van der Waals surface area contributed by atoms with Crippen molar-refractivity contribution in [3.8, 4) is 11.5 Å².